The summed E-state index contributed by atoms with van der Waals surface area (Å²) in [6, 6.07) is 7.82. The second-order valence-electron chi connectivity index (χ2n) is 3.80. The maximum absolute atomic E-state index is 9.52. The van der Waals surface area contributed by atoms with Gasteiger partial charge in [-0.15, -0.1) is 0 Å². The van der Waals surface area contributed by atoms with Gasteiger partial charge in [-0.2, -0.15) is 0 Å². The molecule has 1 aromatic heterocycles. The van der Waals surface area contributed by atoms with Gasteiger partial charge in [0, 0.05) is 24.3 Å². The molecule has 0 atom stereocenters. The van der Waals surface area contributed by atoms with Crippen LogP contribution in [0.25, 0.3) is 11.6 Å². The molecule has 0 saturated carbocycles. The van der Waals surface area contributed by atoms with Crippen LogP contribution in [0, 0.1) is 6.92 Å². The number of nitrogens with zero attached hydrogens (tertiary/aromatic N) is 2. The Labute approximate surface area is 98.0 Å². The van der Waals surface area contributed by atoms with Crippen molar-refractivity contribution >= 4 is 23.6 Å². The average Bonchev–Trinajstić information content (AvgIpc) is 2.85. The second kappa shape index (κ2) is 3.59. The van der Waals surface area contributed by atoms with Crippen LogP contribution in [0.5, 0.6) is 5.95 Å². The molecule has 2 aromatic rings. The van der Waals surface area contributed by atoms with Crippen LogP contribution < -0.4 is 0 Å². The summed E-state index contributed by atoms with van der Waals surface area (Å²) in [6.07, 6.45) is 3.52. The summed E-state index contributed by atoms with van der Waals surface area (Å²) in [5, 5.41) is 9.52. The van der Waals surface area contributed by atoms with Crippen molar-refractivity contribution < 1.29 is 9.52 Å². The summed E-state index contributed by atoms with van der Waals surface area (Å²) in [5.41, 5.74) is 3.32. The Morgan fingerprint density at radius 2 is 2.12 bits per heavy atom. The number of oxazole rings is 1. The van der Waals surface area contributed by atoms with Gasteiger partial charge in [0.25, 0.3) is 0 Å². The lowest BCUT2D eigenvalue weighted by molar-refractivity contribution is 0.322. The van der Waals surface area contributed by atoms with Gasteiger partial charge in [-0.25, -0.2) is 4.98 Å². The first-order valence-electron chi connectivity index (χ1n) is 5.25. The minimum Gasteiger partial charge on any atom is -0.479 e. The van der Waals surface area contributed by atoms with Crippen molar-refractivity contribution in [3.63, 3.8) is 0 Å². The van der Waals surface area contributed by atoms with Gasteiger partial charge in [0.2, 0.25) is 0 Å². The van der Waals surface area contributed by atoms with Crippen molar-refractivity contribution in [3.05, 3.63) is 41.4 Å². The number of aliphatic imine (C=N–C) groups is 1. The first kappa shape index (κ1) is 9.84. The van der Waals surface area contributed by atoms with Crippen LogP contribution >= 0.6 is 0 Å². The maximum atomic E-state index is 9.52. The third-order valence-corrected chi connectivity index (χ3v) is 2.59. The average molecular weight is 226 g/mol. The van der Waals surface area contributed by atoms with E-state index in [0.29, 0.717) is 11.6 Å². The number of aromatic hydroxyl groups is 1. The Morgan fingerprint density at radius 3 is 2.88 bits per heavy atom. The lowest BCUT2D eigenvalue weighted by Gasteiger charge is -1.97. The van der Waals surface area contributed by atoms with Crippen LogP contribution in [-0.4, -0.2) is 16.3 Å². The highest BCUT2D eigenvalue weighted by molar-refractivity contribution is 6.21. The molecular weight excluding hydrogens is 216 g/mol. The summed E-state index contributed by atoms with van der Waals surface area (Å²) in [5.74, 6) is 0.283. The number of hydrogen-bond donors (Lipinski definition) is 1. The van der Waals surface area contributed by atoms with Crippen molar-refractivity contribution in [1.29, 1.82) is 0 Å². The highest BCUT2D eigenvalue weighted by atomic mass is 16.5. The normalized spacial score (nSPS) is 15.5. The molecule has 1 aliphatic heterocycles. The maximum Gasteiger partial charge on any atom is 0.310 e. The number of fused-ring (bicyclic) bond motifs is 1. The first-order valence-corrected chi connectivity index (χ1v) is 5.25. The molecule has 0 spiro atoms. The Bertz CT molecular complexity index is 639. The molecule has 0 amide bonds. The van der Waals surface area contributed by atoms with Gasteiger partial charge in [0.05, 0.1) is 5.69 Å². The van der Waals surface area contributed by atoms with Gasteiger partial charge < -0.3 is 9.52 Å². The molecule has 1 N–H and O–H groups in total. The molecule has 4 heteroatoms. The third-order valence-electron chi connectivity index (χ3n) is 2.59. The molecule has 17 heavy (non-hydrogen) atoms. The fourth-order valence-corrected chi connectivity index (χ4v) is 1.83. The number of aryl methyl sites for hydroxylation is 1. The fourth-order valence-electron chi connectivity index (χ4n) is 1.83. The van der Waals surface area contributed by atoms with Crippen LogP contribution in [0.1, 0.15) is 17.1 Å². The van der Waals surface area contributed by atoms with Crippen molar-refractivity contribution in [3.8, 4) is 5.95 Å². The number of rotatable bonds is 1. The molecule has 84 valence electrons. The predicted octanol–water partition coefficient (Wildman–Crippen LogP) is 2.95. The summed E-state index contributed by atoms with van der Waals surface area (Å²) in [4.78, 5) is 8.37. The van der Waals surface area contributed by atoms with Crippen LogP contribution in [0.3, 0.4) is 0 Å². The van der Waals surface area contributed by atoms with Crippen molar-refractivity contribution in [2.24, 2.45) is 4.99 Å². The number of allylic oxidation sites excluding steroid dienone is 1. The van der Waals surface area contributed by atoms with E-state index in [1.807, 2.05) is 24.3 Å². The molecule has 0 bridgehead atoms. The molecule has 0 radical (unpaired) electrons. The Morgan fingerprint density at radius 1 is 1.29 bits per heavy atom. The minimum atomic E-state index is -0.159. The molecule has 0 saturated heterocycles. The summed E-state index contributed by atoms with van der Waals surface area (Å²) in [6.45, 7) is 1.69. The van der Waals surface area contributed by atoms with Crippen molar-refractivity contribution in [1.82, 2.24) is 4.98 Å². The van der Waals surface area contributed by atoms with Crippen LogP contribution in [0.4, 0.5) is 5.69 Å². The van der Waals surface area contributed by atoms with Gasteiger partial charge in [0.15, 0.2) is 5.89 Å². The van der Waals surface area contributed by atoms with E-state index in [-0.39, 0.29) is 5.95 Å². The molecule has 0 unspecified atom stereocenters. The zero-order chi connectivity index (χ0) is 11.8. The van der Waals surface area contributed by atoms with E-state index < -0.39 is 0 Å². The SMILES string of the molecule is Cc1nc(C=C2C=Nc3ccccc32)c(O)o1. The topological polar surface area (TPSA) is 58.6 Å². The molecule has 2 heterocycles. The minimum absolute atomic E-state index is 0.159. The molecule has 1 aromatic carbocycles. The number of aromatic nitrogens is 1. The van der Waals surface area contributed by atoms with E-state index in [1.165, 1.54) is 0 Å². The zero-order valence-corrected chi connectivity index (χ0v) is 9.21. The standard InChI is InChI=1S/C13H10N2O2/c1-8-15-12(13(16)17-8)6-9-7-14-11-5-3-2-4-10(9)11/h2-7,16H,1H3. The molecule has 0 aliphatic carbocycles. The molecular formula is C13H10N2O2. The summed E-state index contributed by atoms with van der Waals surface area (Å²) < 4.78 is 4.97. The lowest BCUT2D eigenvalue weighted by Crippen LogP contribution is -1.81. The zero-order valence-electron chi connectivity index (χ0n) is 9.21. The first-order chi connectivity index (χ1) is 8.24. The number of benzene rings is 1. The number of hydrogen-bond acceptors (Lipinski definition) is 4. The summed E-state index contributed by atoms with van der Waals surface area (Å²) in [7, 11) is 0. The second-order valence-corrected chi connectivity index (χ2v) is 3.80. The smallest absolute Gasteiger partial charge is 0.310 e. The molecule has 3 rings (SSSR count). The Balaban J connectivity index is 2.08. The lowest BCUT2D eigenvalue weighted by atomic mass is 10.1. The monoisotopic (exact) mass is 226 g/mol. The summed E-state index contributed by atoms with van der Waals surface area (Å²) >= 11 is 0. The van der Waals surface area contributed by atoms with Crippen LogP contribution in [0.2, 0.25) is 0 Å². The highest BCUT2D eigenvalue weighted by Gasteiger charge is 2.14. The van der Waals surface area contributed by atoms with E-state index in [4.69, 9.17) is 4.42 Å². The largest absolute Gasteiger partial charge is 0.479 e. The van der Waals surface area contributed by atoms with E-state index in [1.54, 1.807) is 19.2 Å². The van der Waals surface area contributed by atoms with E-state index in [0.717, 1.165) is 16.8 Å². The van der Waals surface area contributed by atoms with Gasteiger partial charge >= 0.3 is 5.95 Å². The van der Waals surface area contributed by atoms with Gasteiger partial charge in [-0.1, -0.05) is 18.2 Å². The Hall–Kier alpha value is -2.36. The Kier molecular flexibility index (Phi) is 2.08. The molecule has 4 nitrogen and oxygen atoms in total. The third kappa shape index (κ3) is 1.63. The highest BCUT2D eigenvalue weighted by Crippen LogP contribution is 2.33. The van der Waals surface area contributed by atoms with Crippen molar-refractivity contribution in [2.75, 3.05) is 0 Å². The van der Waals surface area contributed by atoms with Crippen LogP contribution in [-0.2, 0) is 0 Å². The quantitative estimate of drug-likeness (QED) is 0.813. The molecule has 0 fully saturated rings. The van der Waals surface area contributed by atoms with E-state index >= 15 is 0 Å². The predicted molar refractivity (Wildman–Crippen MR) is 65.4 cm³/mol. The van der Waals surface area contributed by atoms with Gasteiger partial charge in [-0.05, 0) is 12.1 Å². The number of para-hydroxylation sites is 1. The van der Waals surface area contributed by atoms with E-state index in [9.17, 15) is 5.11 Å². The van der Waals surface area contributed by atoms with Crippen LogP contribution in [0.15, 0.2) is 33.7 Å². The fraction of sp³-hybridized carbons (Fsp3) is 0.0769. The van der Waals surface area contributed by atoms with Gasteiger partial charge in [0.1, 0.15) is 5.69 Å². The van der Waals surface area contributed by atoms with Gasteiger partial charge in [-0.3, -0.25) is 4.99 Å². The molecule has 1 aliphatic rings. The van der Waals surface area contributed by atoms with Crippen molar-refractivity contribution in [2.45, 2.75) is 6.92 Å². The van der Waals surface area contributed by atoms with E-state index in [2.05, 4.69) is 9.98 Å².